The lowest BCUT2D eigenvalue weighted by atomic mass is 10.2. The number of hydrogen-bond acceptors (Lipinski definition) is 7. The molecule has 0 atom stereocenters. The van der Waals surface area contributed by atoms with Crippen molar-refractivity contribution >= 4 is 38.9 Å². The molecule has 2 heterocycles. The summed E-state index contributed by atoms with van der Waals surface area (Å²) < 4.78 is 37.6. The van der Waals surface area contributed by atoms with Crippen molar-refractivity contribution in [3.05, 3.63) is 76.5 Å². The minimum absolute atomic E-state index is 0.0193. The summed E-state index contributed by atoms with van der Waals surface area (Å²) in [4.78, 5) is 25.4. The van der Waals surface area contributed by atoms with Crippen LogP contribution in [0.2, 0.25) is 0 Å². The van der Waals surface area contributed by atoms with Gasteiger partial charge in [0.2, 0.25) is 10.0 Å². The van der Waals surface area contributed by atoms with E-state index in [1.807, 2.05) is 0 Å². The van der Waals surface area contributed by atoms with Crippen LogP contribution in [-0.2, 0) is 14.8 Å². The van der Waals surface area contributed by atoms with Crippen molar-refractivity contribution in [3.63, 3.8) is 0 Å². The van der Waals surface area contributed by atoms with E-state index in [4.69, 9.17) is 9.47 Å². The number of morpholine rings is 1. The third-order valence-electron chi connectivity index (χ3n) is 4.72. The minimum Gasteiger partial charge on any atom is -0.423 e. The fourth-order valence-corrected chi connectivity index (χ4v) is 5.20. The summed E-state index contributed by atoms with van der Waals surface area (Å²) in [6, 6.07) is 15.7. The van der Waals surface area contributed by atoms with Gasteiger partial charge in [0, 0.05) is 24.8 Å². The Morgan fingerprint density at radius 1 is 1.00 bits per heavy atom. The Labute approximate surface area is 189 Å². The van der Waals surface area contributed by atoms with Gasteiger partial charge in [-0.25, -0.2) is 13.2 Å². The molecule has 1 amide bonds. The van der Waals surface area contributed by atoms with E-state index >= 15 is 0 Å². The number of esters is 1. The number of benzene rings is 2. The predicted octanol–water partition coefficient (Wildman–Crippen LogP) is 3.24. The second-order valence-corrected chi connectivity index (χ2v) is 9.78. The van der Waals surface area contributed by atoms with E-state index in [1.165, 1.54) is 46.0 Å². The monoisotopic (exact) mass is 472 g/mol. The van der Waals surface area contributed by atoms with E-state index in [-0.39, 0.29) is 35.2 Å². The van der Waals surface area contributed by atoms with Crippen LogP contribution in [0.15, 0.2) is 70.9 Å². The molecule has 0 spiro atoms. The first kappa shape index (κ1) is 22.2. The molecule has 1 aliphatic rings. The van der Waals surface area contributed by atoms with Crippen molar-refractivity contribution in [2.75, 3.05) is 31.6 Å². The van der Waals surface area contributed by atoms with Crippen LogP contribution in [-0.4, -0.2) is 50.9 Å². The maximum Gasteiger partial charge on any atom is 0.343 e. The molecule has 1 aromatic heterocycles. The maximum absolute atomic E-state index is 12.8. The molecule has 10 heteroatoms. The highest BCUT2D eigenvalue weighted by Gasteiger charge is 2.27. The van der Waals surface area contributed by atoms with Crippen LogP contribution < -0.4 is 10.1 Å². The number of amides is 1. The molecule has 3 aromatic rings. The summed E-state index contributed by atoms with van der Waals surface area (Å²) in [5.74, 6) is -0.740. The van der Waals surface area contributed by atoms with Crippen molar-refractivity contribution in [2.45, 2.75) is 4.90 Å². The van der Waals surface area contributed by atoms with Crippen molar-refractivity contribution in [3.8, 4) is 5.75 Å². The number of carbonyl (C=O) groups is 2. The molecular formula is C22H20N2O6S2. The highest BCUT2D eigenvalue weighted by molar-refractivity contribution is 7.89. The molecule has 0 unspecified atom stereocenters. The standard InChI is InChI=1S/C22H20N2O6S2/c25-21(20-8-3-13-31-20)23-17-5-2-6-18(15-17)30-22(26)16-4-1-7-19(14-16)32(27,28)24-9-11-29-12-10-24/h1-8,13-15H,9-12H2,(H,23,25). The van der Waals surface area contributed by atoms with Crippen molar-refractivity contribution in [1.82, 2.24) is 4.31 Å². The number of anilines is 1. The number of nitrogens with one attached hydrogen (secondary N) is 1. The maximum atomic E-state index is 12.8. The Kier molecular flexibility index (Phi) is 6.66. The lowest BCUT2D eigenvalue weighted by Crippen LogP contribution is -2.40. The summed E-state index contributed by atoms with van der Waals surface area (Å²) >= 11 is 1.32. The van der Waals surface area contributed by atoms with Gasteiger partial charge in [0.05, 0.1) is 28.5 Å². The first-order valence-electron chi connectivity index (χ1n) is 9.78. The Hall–Kier alpha value is -3.05. The van der Waals surface area contributed by atoms with Crippen LogP contribution in [0.25, 0.3) is 0 Å². The molecule has 0 bridgehead atoms. The van der Waals surface area contributed by atoms with Crippen molar-refractivity contribution in [2.24, 2.45) is 0 Å². The van der Waals surface area contributed by atoms with Crippen LogP contribution in [0.5, 0.6) is 5.75 Å². The highest BCUT2D eigenvalue weighted by Crippen LogP contribution is 2.22. The molecule has 2 aromatic carbocycles. The Morgan fingerprint density at radius 2 is 1.78 bits per heavy atom. The molecule has 0 radical (unpaired) electrons. The van der Waals surface area contributed by atoms with Crippen LogP contribution >= 0.6 is 11.3 Å². The summed E-state index contributed by atoms with van der Waals surface area (Å²) in [6.45, 7) is 1.20. The number of rotatable bonds is 6. The number of thiophene rings is 1. The normalized spacial score (nSPS) is 14.6. The molecule has 1 fully saturated rings. The Morgan fingerprint density at radius 3 is 2.53 bits per heavy atom. The number of sulfonamides is 1. The number of carbonyl (C=O) groups excluding carboxylic acids is 2. The van der Waals surface area contributed by atoms with E-state index in [1.54, 1.807) is 35.7 Å². The smallest absolute Gasteiger partial charge is 0.343 e. The first-order chi connectivity index (χ1) is 15.4. The van der Waals surface area contributed by atoms with Gasteiger partial charge >= 0.3 is 5.97 Å². The van der Waals surface area contributed by atoms with Gasteiger partial charge in [-0.15, -0.1) is 11.3 Å². The lowest BCUT2D eigenvalue weighted by molar-refractivity contribution is 0.0727. The molecule has 32 heavy (non-hydrogen) atoms. The van der Waals surface area contributed by atoms with Gasteiger partial charge in [-0.1, -0.05) is 18.2 Å². The molecule has 1 saturated heterocycles. The van der Waals surface area contributed by atoms with Crippen LogP contribution in [0.1, 0.15) is 20.0 Å². The third kappa shape index (κ3) is 5.05. The summed E-state index contributed by atoms with van der Waals surface area (Å²) in [5, 5.41) is 4.55. The molecule has 166 valence electrons. The fraction of sp³-hybridized carbons (Fsp3) is 0.182. The number of ether oxygens (including phenoxy) is 2. The zero-order chi connectivity index (χ0) is 22.6. The predicted molar refractivity (Wildman–Crippen MR) is 120 cm³/mol. The van der Waals surface area contributed by atoms with Crippen molar-refractivity contribution in [1.29, 1.82) is 0 Å². The minimum atomic E-state index is -3.73. The van der Waals surface area contributed by atoms with E-state index in [0.29, 0.717) is 23.8 Å². The van der Waals surface area contributed by atoms with Gasteiger partial charge in [0.15, 0.2) is 0 Å². The Bertz CT molecular complexity index is 1220. The SMILES string of the molecule is O=C(Oc1cccc(NC(=O)c2cccs2)c1)c1cccc(S(=O)(=O)N2CCOCC2)c1. The van der Waals surface area contributed by atoms with E-state index in [9.17, 15) is 18.0 Å². The zero-order valence-corrected chi connectivity index (χ0v) is 18.5. The second-order valence-electron chi connectivity index (χ2n) is 6.89. The van der Waals surface area contributed by atoms with Gasteiger partial charge < -0.3 is 14.8 Å². The van der Waals surface area contributed by atoms with Gasteiger partial charge in [-0.3, -0.25) is 4.79 Å². The van der Waals surface area contributed by atoms with Gasteiger partial charge in [-0.05, 0) is 41.8 Å². The topological polar surface area (TPSA) is 102 Å². The molecule has 8 nitrogen and oxygen atoms in total. The van der Waals surface area contributed by atoms with Crippen molar-refractivity contribution < 1.29 is 27.5 Å². The molecular weight excluding hydrogens is 452 g/mol. The Balaban J connectivity index is 1.47. The van der Waals surface area contributed by atoms with Gasteiger partial charge in [-0.2, -0.15) is 4.31 Å². The quantitative estimate of drug-likeness (QED) is 0.437. The average Bonchev–Trinajstić information content (AvgIpc) is 3.35. The lowest BCUT2D eigenvalue weighted by Gasteiger charge is -2.26. The summed E-state index contributed by atoms with van der Waals surface area (Å²) in [7, 11) is -3.73. The molecule has 1 N–H and O–H groups in total. The molecule has 4 rings (SSSR count). The number of hydrogen-bond donors (Lipinski definition) is 1. The van der Waals surface area contributed by atoms with Crippen LogP contribution in [0, 0.1) is 0 Å². The van der Waals surface area contributed by atoms with Gasteiger partial charge in [0.25, 0.3) is 5.91 Å². The van der Waals surface area contributed by atoms with Gasteiger partial charge in [0.1, 0.15) is 5.75 Å². The van der Waals surface area contributed by atoms with Crippen LogP contribution in [0.3, 0.4) is 0 Å². The molecule has 1 aliphatic heterocycles. The second kappa shape index (κ2) is 9.61. The van der Waals surface area contributed by atoms with E-state index in [2.05, 4.69) is 5.32 Å². The summed E-state index contributed by atoms with van der Waals surface area (Å²) in [5.41, 5.74) is 0.574. The third-order valence-corrected chi connectivity index (χ3v) is 7.49. The van der Waals surface area contributed by atoms with Crippen LogP contribution in [0.4, 0.5) is 5.69 Å². The fourth-order valence-electron chi connectivity index (χ4n) is 3.12. The average molecular weight is 473 g/mol. The largest absolute Gasteiger partial charge is 0.423 e. The summed E-state index contributed by atoms with van der Waals surface area (Å²) in [6.07, 6.45) is 0. The van der Waals surface area contributed by atoms with E-state index < -0.39 is 16.0 Å². The highest BCUT2D eigenvalue weighted by atomic mass is 32.2. The zero-order valence-electron chi connectivity index (χ0n) is 16.9. The van der Waals surface area contributed by atoms with E-state index in [0.717, 1.165) is 0 Å². The number of nitrogens with zero attached hydrogens (tertiary/aromatic N) is 1. The first-order valence-corrected chi connectivity index (χ1v) is 12.1. The molecule has 0 saturated carbocycles. The molecule has 0 aliphatic carbocycles.